The molecule has 2 aromatic carbocycles. The van der Waals surface area contributed by atoms with Crippen molar-refractivity contribution in [2.45, 2.75) is 19.5 Å². The Hall–Kier alpha value is -2.81. The fraction of sp³-hybridized carbons (Fsp3) is 0.278. The van der Waals surface area contributed by atoms with Crippen LogP contribution in [0.5, 0.6) is 11.5 Å². The van der Waals surface area contributed by atoms with Gasteiger partial charge in [0.05, 0.1) is 11.9 Å². The maximum absolute atomic E-state index is 13.5. The molecule has 1 aliphatic heterocycles. The van der Waals surface area contributed by atoms with Crippen molar-refractivity contribution in [1.29, 1.82) is 0 Å². The summed E-state index contributed by atoms with van der Waals surface area (Å²) in [4.78, 5) is 12.5. The molecule has 3 rings (SSSR count). The lowest BCUT2D eigenvalue weighted by atomic mass is 10.2. The van der Waals surface area contributed by atoms with Crippen molar-refractivity contribution in [2.75, 3.05) is 17.4 Å². The third-order valence-corrected chi connectivity index (χ3v) is 5.30. The molecule has 1 amide bonds. The first-order valence-corrected chi connectivity index (χ1v) is 10.0. The van der Waals surface area contributed by atoms with E-state index in [4.69, 9.17) is 9.47 Å². The second-order valence-corrected chi connectivity index (χ2v) is 7.98. The Morgan fingerprint density at radius 1 is 1.22 bits per heavy atom. The van der Waals surface area contributed by atoms with Gasteiger partial charge in [0.15, 0.2) is 11.5 Å². The lowest BCUT2D eigenvalue weighted by Crippen LogP contribution is -2.47. The molecule has 2 aromatic rings. The van der Waals surface area contributed by atoms with Crippen molar-refractivity contribution in [2.24, 2.45) is 0 Å². The summed E-state index contributed by atoms with van der Waals surface area (Å²) in [5, 5.41) is 2.69. The zero-order valence-corrected chi connectivity index (χ0v) is 15.6. The molecule has 1 N–H and O–H groups in total. The number of hydrogen-bond acceptors (Lipinski definition) is 5. The number of sulfonamides is 1. The highest BCUT2D eigenvalue weighted by atomic mass is 32.2. The number of anilines is 1. The molecular formula is C18H19FN2O5S. The third kappa shape index (κ3) is 4.30. The lowest BCUT2D eigenvalue weighted by molar-refractivity contribution is -0.122. The summed E-state index contributed by atoms with van der Waals surface area (Å²) in [6, 6.07) is 9.30. The first-order valence-electron chi connectivity index (χ1n) is 8.17. The Morgan fingerprint density at radius 2 is 1.96 bits per heavy atom. The standard InChI is InChI=1S/C18H19FN2O5S/c1-12(21(27(2,23)24)15-5-3-4-14(19)9-15)18(22)20-10-13-6-7-16-17(8-13)26-11-25-16/h3-9,12H,10-11H2,1-2H3,(H,20,22). The van der Waals surface area contributed by atoms with E-state index in [0.29, 0.717) is 11.5 Å². The van der Waals surface area contributed by atoms with Gasteiger partial charge in [-0.05, 0) is 42.8 Å². The van der Waals surface area contributed by atoms with Crippen molar-refractivity contribution < 1.29 is 27.1 Å². The largest absolute Gasteiger partial charge is 0.454 e. The van der Waals surface area contributed by atoms with Gasteiger partial charge in [0, 0.05) is 6.54 Å². The van der Waals surface area contributed by atoms with Gasteiger partial charge < -0.3 is 14.8 Å². The predicted octanol–water partition coefficient (Wildman–Crippen LogP) is 2.03. The first-order chi connectivity index (χ1) is 12.8. The second kappa shape index (κ2) is 7.43. The number of carbonyl (C=O) groups is 1. The average Bonchev–Trinajstić information content (AvgIpc) is 3.06. The Labute approximate surface area is 156 Å². The highest BCUT2D eigenvalue weighted by molar-refractivity contribution is 7.92. The molecule has 1 heterocycles. The van der Waals surface area contributed by atoms with E-state index in [1.165, 1.54) is 25.1 Å². The summed E-state index contributed by atoms with van der Waals surface area (Å²) >= 11 is 0. The number of fused-ring (bicyclic) bond motifs is 1. The summed E-state index contributed by atoms with van der Waals surface area (Å²) < 4.78 is 49.3. The van der Waals surface area contributed by atoms with Crippen molar-refractivity contribution >= 4 is 21.6 Å². The van der Waals surface area contributed by atoms with Gasteiger partial charge in [-0.15, -0.1) is 0 Å². The maximum atomic E-state index is 13.5. The summed E-state index contributed by atoms with van der Waals surface area (Å²) in [7, 11) is -3.80. The van der Waals surface area contributed by atoms with Crippen LogP contribution < -0.4 is 19.1 Å². The Kier molecular flexibility index (Phi) is 5.22. The van der Waals surface area contributed by atoms with E-state index in [9.17, 15) is 17.6 Å². The molecule has 0 radical (unpaired) electrons. The molecule has 1 unspecified atom stereocenters. The Bertz CT molecular complexity index is 964. The summed E-state index contributed by atoms with van der Waals surface area (Å²) in [5.74, 6) is 0.122. The van der Waals surface area contributed by atoms with Crippen LogP contribution in [0.3, 0.4) is 0 Å². The number of nitrogens with zero attached hydrogens (tertiary/aromatic N) is 1. The molecule has 0 aliphatic carbocycles. The van der Waals surface area contributed by atoms with E-state index < -0.39 is 27.8 Å². The van der Waals surface area contributed by atoms with E-state index in [2.05, 4.69) is 5.32 Å². The van der Waals surface area contributed by atoms with Crippen LogP contribution >= 0.6 is 0 Å². The molecule has 0 saturated carbocycles. The Morgan fingerprint density at radius 3 is 2.67 bits per heavy atom. The molecule has 7 nitrogen and oxygen atoms in total. The van der Waals surface area contributed by atoms with Crippen LogP contribution in [0.15, 0.2) is 42.5 Å². The van der Waals surface area contributed by atoms with Crippen LogP contribution in [-0.2, 0) is 21.4 Å². The van der Waals surface area contributed by atoms with Crippen molar-refractivity contribution in [3.05, 3.63) is 53.8 Å². The molecule has 1 aliphatic rings. The lowest BCUT2D eigenvalue weighted by Gasteiger charge is -2.28. The van der Waals surface area contributed by atoms with Crippen molar-refractivity contribution in [3.8, 4) is 11.5 Å². The number of hydrogen-bond donors (Lipinski definition) is 1. The minimum atomic E-state index is -3.80. The molecule has 1 atom stereocenters. The van der Waals surface area contributed by atoms with Gasteiger partial charge in [-0.1, -0.05) is 12.1 Å². The van der Waals surface area contributed by atoms with Crippen LogP contribution in [0, 0.1) is 5.82 Å². The van der Waals surface area contributed by atoms with Crippen LogP contribution in [0.4, 0.5) is 10.1 Å². The van der Waals surface area contributed by atoms with Gasteiger partial charge in [0.25, 0.3) is 0 Å². The molecule has 0 fully saturated rings. The predicted molar refractivity (Wildman–Crippen MR) is 97.6 cm³/mol. The quantitative estimate of drug-likeness (QED) is 0.810. The van der Waals surface area contributed by atoms with E-state index in [1.54, 1.807) is 18.2 Å². The van der Waals surface area contributed by atoms with Crippen molar-refractivity contribution in [1.82, 2.24) is 5.32 Å². The number of benzene rings is 2. The van der Waals surface area contributed by atoms with Gasteiger partial charge in [-0.25, -0.2) is 12.8 Å². The molecule has 27 heavy (non-hydrogen) atoms. The second-order valence-electron chi connectivity index (χ2n) is 6.12. The highest BCUT2D eigenvalue weighted by Crippen LogP contribution is 2.32. The van der Waals surface area contributed by atoms with E-state index >= 15 is 0 Å². The SMILES string of the molecule is CC(C(=O)NCc1ccc2c(c1)OCO2)N(c1cccc(F)c1)S(C)(=O)=O. The monoisotopic (exact) mass is 394 g/mol. The summed E-state index contributed by atoms with van der Waals surface area (Å²) in [5.41, 5.74) is 0.861. The zero-order chi connectivity index (χ0) is 19.6. The van der Waals surface area contributed by atoms with Gasteiger partial charge in [0.2, 0.25) is 22.7 Å². The van der Waals surface area contributed by atoms with E-state index in [0.717, 1.165) is 22.2 Å². The number of ether oxygens (including phenoxy) is 2. The van der Waals surface area contributed by atoms with E-state index in [1.807, 2.05) is 0 Å². The minimum Gasteiger partial charge on any atom is -0.454 e. The van der Waals surface area contributed by atoms with Gasteiger partial charge in [-0.2, -0.15) is 0 Å². The minimum absolute atomic E-state index is 0.0863. The number of halogens is 1. The molecular weight excluding hydrogens is 375 g/mol. The Balaban J connectivity index is 1.74. The zero-order valence-electron chi connectivity index (χ0n) is 14.8. The smallest absolute Gasteiger partial charge is 0.243 e. The third-order valence-electron chi connectivity index (χ3n) is 4.05. The van der Waals surface area contributed by atoms with Crippen LogP contribution in [-0.4, -0.2) is 33.4 Å². The molecule has 0 bridgehead atoms. The van der Waals surface area contributed by atoms with Gasteiger partial charge >= 0.3 is 0 Å². The number of carbonyl (C=O) groups excluding carboxylic acids is 1. The molecule has 0 spiro atoms. The fourth-order valence-electron chi connectivity index (χ4n) is 2.81. The van der Waals surface area contributed by atoms with Crippen LogP contribution in [0.2, 0.25) is 0 Å². The molecule has 144 valence electrons. The number of amides is 1. The van der Waals surface area contributed by atoms with Gasteiger partial charge in [0.1, 0.15) is 11.9 Å². The molecule has 0 aromatic heterocycles. The van der Waals surface area contributed by atoms with Crippen LogP contribution in [0.1, 0.15) is 12.5 Å². The molecule has 0 saturated heterocycles. The average molecular weight is 394 g/mol. The number of rotatable bonds is 6. The highest BCUT2D eigenvalue weighted by Gasteiger charge is 2.29. The maximum Gasteiger partial charge on any atom is 0.243 e. The fourth-order valence-corrected chi connectivity index (χ4v) is 3.98. The number of nitrogens with one attached hydrogen (secondary N) is 1. The first kappa shape index (κ1) is 19.0. The topological polar surface area (TPSA) is 84.9 Å². The summed E-state index contributed by atoms with van der Waals surface area (Å²) in [6.45, 7) is 1.78. The van der Waals surface area contributed by atoms with Crippen LogP contribution in [0.25, 0.3) is 0 Å². The van der Waals surface area contributed by atoms with Crippen molar-refractivity contribution in [3.63, 3.8) is 0 Å². The van der Waals surface area contributed by atoms with E-state index in [-0.39, 0.29) is 19.0 Å². The molecule has 9 heteroatoms. The summed E-state index contributed by atoms with van der Waals surface area (Å²) in [6.07, 6.45) is 0.972. The van der Waals surface area contributed by atoms with Gasteiger partial charge in [-0.3, -0.25) is 9.10 Å². The normalized spacial score (nSPS) is 13.9.